The maximum Gasteiger partial charge on any atom is 0.248 e. The van der Waals surface area contributed by atoms with Gasteiger partial charge in [-0.15, -0.1) is 0 Å². The molecule has 0 bridgehead atoms. The van der Waals surface area contributed by atoms with Crippen LogP contribution in [0.1, 0.15) is 34.3 Å². The molecule has 0 unspecified atom stereocenters. The Morgan fingerprint density at radius 3 is 2.77 bits per heavy atom. The molecule has 1 aromatic carbocycles. The zero-order chi connectivity index (χ0) is 18.5. The number of carbonyl (C=O) groups is 1. The van der Waals surface area contributed by atoms with Crippen LogP contribution in [-0.4, -0.2) is 57.1 Å². The number of hydrogen-bond donors (Lipinski definition) is 3. The summed E-state index contributed by atoms with van der Waals surface area (Å²) in [5.74, 6) is 0.268. The lowest BCUT2D eigenvalue weighted by atomic mass is 10.2. The SMILES string of the molecule is NC(=O)c1ccc(OCCCN2CCn3nc([C@@H](O)CO)cc3C2)cc1. The monoisotopic (exact) mass is 360 g/mol. The molecule has 140 valence electrons. The first kappa shape index (κ1) is 18.4. The van der Waals surface area contributed by atoms with E-state index in [0.717, 1.165) is 38.3 Å². The number of carbonyl (C=O) groups excluding carboxylic acids is 1. The molecule has 0 fully saturated rings. The third kappa shape index (κ3) is 4.40. The molecule has 1 atom stereocenters. The van der Waals surface area contributed by atoms with Crippen LogP contribution >= 0.6 is 0 Å². The number of fused-ring (bicyclic) bond motifs is 1. The van der Waals surface area contributed by atoms with Gasteiger partial charge in [0, 0.05) is 25.2 Å². The lowest BCUT2D eigenvalue weighted by Crippen LogP contribution is -2.35. The second-order valence-corrected chi connectivity index (χ2v) is 6.35. The highest BCUT2D eigenvalue weighted by Gasteiger charge is 2.20. The van der Waals surface area contributed by atoms with Crippen molar-refractivity contribution in [1.29, 1.82) is 0 Å². The molecule has 0 spiro atoms. The fraction of sp³-hybridized carbons (Fsp3) is 0.444. The summed E-state index contributed by atoms with van der Waals surface area (Å²) in [5, 5.41) is 23.1. The van der Waals surface area contributed by atoms with Crippen molar-refractivity contribution in [1.82, 2.24) is 14.7 Å². The number of hydrogen-bond acceptors (Lipinski definition) is 6. The first-order chi connectivity index (χ1) is 12.6. The summed E-state index contributed by atoms with van der Waals surface area (Å²) in [5.41, 5.74) is 7.24. The quantitative estimate of drug-likeness (QED) is 0.583. The fourth-order valence-electron chi connectivity index (χ4n) is 2.98. The minimum Gasteiger partial charge on any atom is -0.494 e. The number of aliphatic hydroxyl groups is 2. The van der Waals surface area contributed by atoms with Crippen LogP contribution in [0.15, 0.2) is 30.3 Å². The van der Waals surface area contributed by atoms with E-state index >= 15 is 0 Å². The maximum atomic E-state index is 11.0. The summed E-state index contributed by atoms with van der Waals surface area (Å²) >= 11 is 0. The Morgan fingerprint density at radius 1 is 1.31 bits per heavy atom. The molecule has 0 aliphatic carbocycles. The maximum absolute atomic E-state index is 11.0. The third-order valence-corrected chi connectivity index (χ3v) is 4.44. The zero-order valence-corrected chi connectivity index (χ0v) is 14.5. The van der Waals surface area contributed by atoms with Gasteiger partial charge in [-0.05, 0) is 36.8 Å². The van der Waals surface area contributed by atoms with Crippen molar-refractivity contribution in [2.45, 2.75) is 25.6 Å². The topological polar surface area (TPSA) is 114 Å². The molecule has 2 aromatic rings. The van der Waals surface area contributed by atoms with Crippen LogP contribution in [0, 0.1) is 0 Å². The molecule has 4 N–H and O–H groups in total. The Morgan fingerprint density at radius 2 is 2.08 bits per heavy atom. The summed E-state index contributed by atoms with van der Waals surface area (Å²) in [6.45, 7) is 3.57. The summed E-state index contributed by atoms with van der Waals surface area (Å²) in [6, 6.07) is 8.65. The van der Waals surface area contributed by atoms with Crippen molar-refractivity contribution in [3.05, 3.63) is 47.3 Å². The first-order valence-corrected chi connectivity index (χ1v) is 8.67. The molecule has 2 heterocycles. The number of amides is 1. The van der Waals surface area contributed by atoms with Gasteiger partial charge in [0.25, 0.3) is 0 Å². The highest BCUT2D eigenvalue weighted by molar-refractivity contribution is 5.92. The number of aromatic nitrogens is 2. The Hall–Kier alpha value is -2.42. The van der Waals surface area contributed by atoms with E-state index in [9.17, 15) is 9.90 Å². The van der Waals surface area contributed by atoms with E-state index in [2.05, 4.69) is 10.00 Å². The van der Waals surface area contributed by atoms with Gasteiger partial charge in [-0.2, -0.15) is 5.10 Å². The van der Waals surface area contributed by atoms with E-state index < -0.39 is 12.0 Å². The van der Waals surface area contributed by atoms with Gasteiger partial charge >= 0.3 is 0 Å². The highest BCUT2D eigenvalue weighted by atomic mass is 16.5. The molecular formula is C18H24N4O4. The molecule has 1 aliphatic heterocycles. The largest absolute Gasteiger partial charge is 0.494 e. The Balaban J connectivity index is 1.43. The molecule has 0 radical (unpaired) electrons. The molecule has 8 nitrogen and oxygen atoms in total. The lowest BCUT2D eigenvalue weighted by Gasteiger charge is -2.27. The standard InChI is InChI=1S/C18H24N4O4/c19-18(25)13-2-4-15(5-3-13)26-9-1-6-21-7-8-22-14(11-21)10-16(20-22)17(24)12-23/h2-5,10,17,23-24H,1,6-9,11-12H2,(H2,19,25)/t17-/m0/s1. The second kappa shape index (κ2) is 8.31. The van der Waals surface area contributed by atoms with Gasteiger partial charge < -0.3 is 20.7 Å². The van der Waals surface area contributed by atoms with E-state index in [1.54, 1.807) is 24.3 Å². The van der Waals surface area contributed by atoms with Crippen molar-refractivity contribution in [3.63, 3.8) is 0 Å². The number of nitrogens with zero attached hydrogens (tertiary/aromatic N) is 3. The minimum absolute atomic E-state index is 0.322. The number of primary amides is 1. The predicted octanol–water partition coefficient (Wildman–Crippen LogP) is 0.292. The molecule has 1 aliphatic rings. The number of aliphatic hydroxyl groups excluding tert-OH is 2. The summed E-state index contributed by atoms with van der Waals surface area (Å²) < 4.78 is 7.58. The molecule has 0 saturated heterocycles. The van der Waals surface area contributed by atoms with Gasteiger partial charge in [-0.25, -0.2) is 0 Å². The van der Waals surface area contributed by atoms with Crippen LogP contribution in [0.3, 0.4) is 0 Å². The van der Waals surface area contributed by atoms with Crippen LogP contribution in [0.2, 0.25) is 0 Å². The lowest BCUT2D eigenvalue weighted by molar-refractivity contribution is 0.0915. The molecule has 1 aromatic heterocycles. The number of rotatable bonds is 8. The second-order valence-electron chi connectivity index (χ2n) is 6.35. The number of nitrogens with two attached hydrogens (primary N) is 1. The van der Waals surface area contributed by atoms with Gasteiger partial charge in [0.1, 0.15) is 11.9 Å². The van der Waals surface area contributed by atoms with Crippen LogP contribution in [-0.2, 0) is 13.1 Å². The van der Waals surface area contributed by atoms with Crippen molar-refractivity contribution in [2.75, 3.05) is 26.3 Å². The fourth-order valence-corrected chi connectivity index (χ4v) is 2.98. The van der Waals surface area contributed by atoms with E-state index in [1.807, 2.05) is 10.7 Å². The average Bonchev–Trinajstić information content (AvgIpc) is 3.08. The molecule has 8 heteroatoms. The molecular weight excluding hydrogens is 336 g/mol. The number of ether oxygens (including phenoxy) is 1. The Labute approximate surface area is 151 Å². The molecule has 1 amide bonds. The Bertz CT molecular complexity index is 744. The van der Waals surface area contributed by atoms with Crippen LogP contribution in [0.5, 0.6) is 5.75 Å². The van der Waals surface area contributed by atoms with Crippen molar-refractivity contribution in [2.24, 2.45) is 5.73 Å². The van der Waals surface area contributed by atoms with E-state index in [1.165, 1.54) is 0 Å². The van der Waals surface area contributed by atoms with Crippen LogP contribution < -0.4 is 10.5 Å². The minimum atomic E-state index is -0.920. The summed E-state index contributed by atoms with van der Waals surface area (Å²) in [4.78, 5) is 13.3. The number of benzene rings is 1. The summed E-state index contributed by atoms with van der Waals surface area (Å²) in [6.07, 6.45) is -0.0476. The summed E-state index contributed by atoms with van der Waals surface area (Å²) in [7, 11) is 0. The smallest absolute Gasteiger partial charge is 0.248 e. The average molecular weight is 360 g/mol. The van der Waals surface area contributed by atoms with Crippen LogP contribution in [0.4, 0.5) is 0 Å². The molecule has 26 heavy (non-hydrogen) atoms. The highest BCUT2D eigenvalue weighted by Crippen LogP contribution is 2.18. The Kier molecular flexibility index (Phi) is 5.87. The third-order valence-electron chi connectivity index (χ3n) is 4.44. The normalized spacial score (nSPS) is 15.5. The van der Waals surface area contributed by atoms with Gasteiger partial charge in [0.2, 0.25) is 5.91 Å². The predicted molar refractivity (Wildman–Crippen MR) is 94.6 cm³/mol. The van der Waals surface area contributed by atoms with Crippen molar-refractivity contribution < 1.29 is 19.7 Å². The zero-order valence-electron chi connectivity index (χ0n) is 14.5. The molecule has 0 saturated carbocycles. The van der Waals surface area contributed by atoms with E-state index in [0.29, 0.717) is 23.6 Å². The van der Waals surface area contributed by atoms with E-state index in [4.69, 9.17) is 15.6 Å². The van der Waals surface area contributed by atoms with Crippen LogP contribution in [0.25, 0.3) is 0 Å². The van der Waals surface area contributed by atoms with Crippen molar-refractivity contribution in [3.8, 4) is 5.75 Å². The van der Waals surface area contributed by atoms with Gasteiger partial charge in [0.15, 0.2) is 0 Å². The van der Waals surface area contributed by atoms with Crippen molar-refractivity contribution >= 4 is 5.91 Å². The van der Waals surface area contributed by atoms with Gasteiger partial charge in [0.05, 0.1) is 31.1 Å². The van der Waals surface area contributed by atoms with E-state index in [-0.39, 0.29) is 6.61 Å². The molecule has 3 rings (SSSR count). The van der Waals surface area contributed by atoms with Gasteiger partial charge in [-0.1, -0.05) is 0 Å². The first-order valence-electron chi connectivity index (χ1n) is 8.67. The van der Waals surface area contributed by atoms with Gasteiger partial charge in [-0.3, -0.25) is 14.4 Å².